The van der Waals surface area contributed by atoms with Crippen molar-refractivity contribution in [2.75, 3.05) is 12.8 Å². The SMILES string of the molecule is CC(=O)NC1(P(=O)(O)O)[C@H](CP(=O)(O)O)O[C@H](COC(C)=O)[C@H](OC(C)=O)[C@@H]1OC(C)=O. The number of carbonyl (C=O) groups is 4. The summed E-state index contributed by atoms with van der Waals surface area (Å²) in [7, 11) is -10.8. The fourth-order valence-corrected chi connectivity index (χ4v) is 5.59. The lowest BCUT2D eigenvalue weighted by Gasteiger charge is -2.52. The van der Waals surface area contributed by atoms with E-state index in [-0.39, 0.29) is 0 Å². The van der Waals surface area contributed by atoms with Gasteiger partial charge in [-0.1, -0.05) is 0 Å². The number of esters is 3. The Hall–Kier alpha value is -1.86. The molecule has 32 heavy (non-hydrogen) atoms. The van der Waals surface area contributed by atoms with Crippen molar-refractivity contribution >= 4 is 39.0 Å². The Bertz CT molecular complexity index is 849. The van der Waals surface area contributed by atoms with Gasteiger partial charge in [0.25, 0.3) is 0 Å². The average Bonchev–Trinajstić information content (AvgIpc) is 2.54. The Morgan fingerprint density at radius 3 is 1.84 bits per heavy atom. The van der Waals surface area contributed by atoms with E-state index in [1.807, 2.05) is 5.32 Å². The van der Waals surface area contributed by atoms with Crippen molar-refractivity contribution < 1.29 is 66.8 Å². The Labute approximate surface area is 182 Å². The molecule has 0 spiro atoms. The normalized spacial score (nSPS) is 28.4. The molecule has 1 aliphatic rings. The van der Waals surface area contributed by atoms with Gasteiger partial charge in [-0.3, -0.25) is 28.3 Å². The monoisotopic (exact) mass is 505 g/mol. The van der Waals surface area contributed by atoms with Gasteiger partial charge in [0.1, 0.15) is 18.8 Å². The standard InChI is InChI=1S/C15H25NO14P2/c1-7(17)16-15(32(24,25)26)12(6-31(21,22)23)30-11(5-27-8(2)18)13(28-9(3)19)14(15)29-10(4)20/h11-14H,5-6H2,1-4H3,(H,16,17)(H2,21,22,23)(H2,24,25,26)/t11-,12+,13+,14+,15?/m1/s1. The molecule has 1 heterocycles. The molecule has 1 fully saturated rings. The molecule has 0 radical (unpaired) electrons. The summed E-state index contributed by atoms with van der Waals surface area (Å²) < 4.78 is 44.7. The van der Waals surface area contributed by atoms with Crippen LogP contribution < -0.4 is 5.32 Å². The zero-order valence-corrected chi connectivity index (χ0v) is 19.3. The zero-order chi connectivity index (χ0) is 25.1. The summed E-state index contributed by atoms with van der Waals surface area (Å²) >= 11 is 0. The maximum Gasteiger partial charge on any atom is 0.357 e. The Morgan fingerprint density at radius 1 is 0.938 bits per heavy atom. The Morgan fingerprint density at radius 2 is 1.47 bits per heavy atom. The molecule has 5 N–H and O–H groups in total. The summed E-state index contributed by atoms with van der Waals surface area (Å²) in [5.41, 5.74) is 0. The van der Waals surface area contributed by atoms with Gasteiger partial charge in [-0.2, -0.15) is 0 Å². The first-order valence-corrected chi connectivity index (χ1v) is 12.3. The quantitative estimate of drug-likeness (QED) is 0.142. The first kappa shape index (κ1) is 28.2. The molecule has 0 aromatic rings. The van der Waals surface area contributed by atoms with Gasteiger partial charge in [-0.15, -0.1) is 0 Å². The van der Waals surface area contributed by atoms with E-state index in [0.29, 0.717) is 0 Å². The van der Waals surface area contributed by atoms with E-state index in [1.165, 1.54) is 0 Å². The summed E-state index contributed by atoms with van der Waals surface area (Å²) in [5, 5.41) is -1.17. The summed E-state index contributed by atoms with van der Waals surface area (Å²) in [4.78, 5) is 86.0. The molecule has 0 saturated carbocycles. The summed E-state index contributed by atoms with van der Waals surface area (Å²) in [6.45, 7) is 2.89. The van der Waals surface area contributed by atoms with Crippen LogP contribution in [0.5, 0.6) is 0 Å². The minimum atomic E-state index is -5.70. The molecule has 1 rings (SSSR count). The summed E-state index contributed by atoms with van der Waals surface area (Å²) in [6.07, 6.45) is -9.16. The van der Waals surface area contributed by atoms with Crippen LogP contribution in [-0.2, 0) is 47.3 Å². The minimum Gasteiger partial charge on any atom is -0.463 e. The fourth-order valence-electron chi connectivity index (χ4n) is 3.28. The predicted molar refractivity (Wildman–Crippen MR) is 102 cm³/mol. The maximum absolute atomic E-state index is 12.7. The molecule has 0 aromatic heterocycles. The number of rotatable bonds is 8. The fraction of sp³-hybridized carbons (Fsp3) is 0.733. The van der Waals surface area contributed by atoms with Crippen LogP contribution in [0.25, 0.3) is 0 Å². The highest BCUT2D eigenvalue weighted by Crippen LogP contribution is 2.59. The molecule has 1 amide bonds. The average molecular weight is 505 g/mol. The number of hydrogen-bond donors (Lipinski definition) is 5. The number of nitrogens with one attached hydrogen (secondary N) is 1. The number of hydrogen-bond acceptors (Lipinski definition) is 10. The van der Waals surface area contributed by atoms with Gasteiger partial charge in [0.2, 0.25) is 11.2 Å². The van der Waals surface area contributed by atoms with Crippen LogP contribution in [-0.4, -0.2) is 85.9 Å². The highest BCUT2D eigenvalue weighted by Gasteiger charge is 2.69. The van der Waals surface area contributed by atoms with Gasteiger partial charge >= 0.3 is 33.1 Å². The smallest absolute Gasteiger partial charge is 0.357 e. The third-order valence-electron chi connectivity index (χ3n) is 4.24. The maximum atomic E-state index is 12.7. The van der Waals surface area contributed by atoms with Crippen LogP contribution in [0.1, 0.15) is 27.7 Å². The third-order valence-corrected chi connectivity index (χ3v) is 6.66. The molecule has 5 atom stereocenters. The predicted octanol–water partition coefficient (Wildman–Crippen LogP) is -1.63. The van der Waals surface area contributed by atoms with Crippen LogP contribution in [0.4, 0.5) is 0 Å². The van der Waals surface area contributed by atoms with Crippen molar-refractivity contribution in [2.24, 2.45) is 0 Å². The van der Waals surface area contributed by atoms with E-state index < -0.39 is 81.5 Å². The lowest BCUT2D eigenvalue weighted by molar-refractivity contribution is -0.229. The molecule has 17 heteroatoms. The van der Waals surface area contributed by atoms with Crippen molar-refractivity contribution in [2.45, 2.75) is 57.4 Å². The molecule has 0 aromatic carbocycles. The molecule has 0 aliphatic carbocycles. The van der Waals surface area contributed by atoms with E-state index >= 15 is 0 Å². The zero-order valence-electron chi connectivity index (χ0n) is 17.5. The van der Waals surface area contributed by atoms with Crippen LogP contribution in [0.2, 0.25) is 0 Å². The molecule has 1 saturated heterocycles. The van der Waals surface area contributed by atoms with Crippen LogP contribution in [0.3, 0.4) is 0 Å². The topological polar surface area (TPSA) is 232 Å². The summed E-state index contributed by atoms with van der Waals surface area (Å²) in [6, 6.07) is 0. The van der Waals surface area contributed by atoms with E-state index in [0.717, 1.165) is 27.7 Å². The number of ether oxygens (including phenoxy) is 4. The molecule has 0 bridgehead atoms. The van der Waals surface area contributed by atoms with Gasteiger partial charge in [0.05, 0.1) is 6.16 Å². The Kier molecular flexibility index (Phi) is 9.14. The van der Waals surface area contributed by atoms with Gasteiger partial charge in [0.15, 0.2) is 12.2 Å². The summed E-state index contributed by atoms with van der Waals surface area (Å²) in [5.74, 6) is -4.10. The molecule has 184 valence electrons. The largest absolute Gasteiger partial charge is 0.463 e. The number of amides is 1. The van der Waals surface area contributed by atoms with E-state index in [1.54, 1.807) is 0 Å². The second-order valence-electron chi connectivity index (χ2n) is 6.97. The second kappa shape index (κ2) is 10.4. The van der Waals surface area contributed by atoms with Crippen molar-refractivity contribution in [1.82, 2.24) is 5.32 Å². The molecule has 1 aliphatic heterocycles. The lowest BCUT2D eigenvalue weighted by Crippen LogP contribution is -2.74. The van der Waals surface area contributed by atoms with Gasteiger partial charge in [-0.05, 0) is 0 Å². The van der Waals surface area contributed by atoms with E-state index in [9.17, 15) is 47.9 Å². The Balaban J connectivity index is 3.85. The van der Waals surface area contributed by atoms with Crippen LogP contribution in [0.15, 0.2) is 0 Å². The minimum absolute atomic E-state index is 0.708. The number of carbonyl (C=O) groups excluding carboxylic acids is 4. The van der Waals surface area contributed by atoms with Gasteiger partial charge in [-0.25, -0.2) is 0 Å². The first-order valence-electron chi connectivity index (χ1n) is 8.93. The van der Waals surface area contributed by atoms with Crippen molar-refractivity contribution in [3.8, 4) is 0 Å². The van der Waals surface area contributed by atoms with Crippen molar-refractivity contribution in [3.05, 3.63) is 0 Å². The van der Waals surface area contributed by atoms with Crippen LogP contribution in [0, 0.1) is 0 Å². The van der Waals surface area contributed by atoms with Gasteiger partial charge < -0.3 is 43.8 Å². The highest BCUT2D eigenvalue weighted by molar-refractivity contribution is 7.54. The molecular weight excluding hydrogens is 480 g/mol. The molecule has 15 nitrogen and oxygen atoms in total. The first-order chi connectivity index (χ1) is 14.4. The molecular formula is C15H25NO14P2. The van der Waals surface area contributed by atoms with Gasteiger partial charge in [0, 0.05) is 27.7 Å². The van der Waals surface area contributed by atoms with Crippen molar-refractivity contribution in [1.29, 1.82) is 0 Å². The highest BCUT2D eigenvalue weighted by atomic mass is 31.2. The van der Waals surface area contributed by atoms with Crippen LogP contribution >= 0.6 is 15.2 Å². The third kappa shape index (κ3) is 7.07. The van der Waals surface area contributed by atoms with E-state index in [2.05, 4.69) is 0 Å². The second-order valence-corrected chi connectivity index (χ2v) is 10.5. The van der Waals surface area contributed by atoms with E-state index in [4.69, 9.17) is 18.9 Å². The molecule has 1 unspecified atom stereocenters. The van der Waals surface area contributed by atoms with Crippen molar-refractivity contribution in [3.63, 3.8) is 0 Å². The lowest BCUT2D eigenvalue weighted by atomic mass is 9.91.